The number of aryl methyl sites for hydroxylation is 1. The van der Waals surface area contributed by atoms with E-state index in [0.29, 0.717) is 0 Å². The standard InChI is InChI=1S/C15H18F3NO2/c1-11-3-2-4-12(9-11)10-13(20)19-7-5-14(21,6-8-19)15(16,17)18/h2-4,9,21H,5-8,10H2,1H3. The molecule has 1 aromatic rings. The Balaban J connectivity index is 1.95. The van der Waals surface area contributed by atoms with E-state index in [4.69, 9.17) is 0 Å². The molecule has 0 atom stereocenters. The van der Waals surface area contributed by atoms with Gasteiger partial charge in [-0.15, -0.1) is 0 Å². The van der Waals surface area contributed by atoms with E-state index in [-0.39, 0.29) is 25.4 Å². The van der Waals surface area contributed by atoms with Gasteiger partial charge in [-0.2, -0.15) is 13.2 Å². The fourth-order valence-electron chi connectivity index (χ4n) is 2.52. The van der Waals surface area contributed by atoms with Gasteiger partial charge in [-0.25, -0.2) is 0 Å². The number of aliphatic hydroxyl groups is 1. The SMILES string of the molecule is Cc1cccc(CC(=O)N2CCC(O)(C(F)(F)F)CC2)c1. The summed E-state index contributed by atoms with van der Waals surface area (Å²) in [5.74, 6) is -0.204. The first kappa shape index (κ1) is 15.8. The van der Waals surface area contributed by atoms with Crippen LogP contribution in [0.1, 0.15) is 24.0 Å². The number of halogens is 3. The number of hydrogen-bond acceptors (Lipinski definition) is 2. The summed E-state index contributed by atoms with van der Waals surface area (Å²) in [7, 11) is 0. The van der Waals surface area contributed by atoms with Crippen LogP contribution in [-0.4, -0.2) is 40.8 Å². The molecule has 1 N–H and O–H groups in total. The van der Waals surface area contributed by atoms with Gasteiger partial charge in [0.25, 0.3) is 0 Å². The number of rotatable bonds is 2. The molecule has 0 radical (unpaired) electrons. The van der Waals surface area contributed by atoms with E-state index in [1.807, 2.05) is 31.2 Å². The zero-order valence-corrected chi connectivity index (χ0v) is 11.8. The van der Waals surface area contributed by atoms with Gasteiger partial charge in [-0.05, 0) is 12.5 Å². The summed E-state index contributed by atoms with van der Waals surface area (Å²) in [6.07, 6.45) is -5.39. The van der Waals surface area contributed by atoms with Gasteiger partial charge in [0.15, 0.2) is 5.60 Å². The third-order valence-electron chi connectivity index (χ3n) is 3.91. The number of carbonyl (C=O) groups excluding carboxylic acids is 1. The predicted molar refractivity (Wildman–Crippen MR) is 71.7 cm³/mol. The molecule has 0 unspecified atom stereocenters. The van der Waals surface area contributed by atoms with Crippen LogP contribution in [0, 0.1) is 6.92 Å². The molecule has 0 aromatic heterocycles. The van der Waals surface area contributed by atoms with Crippen molar-refractivity contribution in [3.8, 4) is 0 Å². The topological polar surface area (TPSA) is 40.5 Å². The van der Waals surface area contributed by atoms with Crippen molar-refractivity contribution in [2.45, 2.75) is 38.0 Å². The van der Waals surface area contributed by atoms with Crippen LogP contribution in [0.2, 0.25) is 0 Å². The minimum Gasteiger partial charge on any atom is -0.380 e. The van der Waals surface area contributed by atoms with Crippen molar-refractivity contribution in [3.63, 3.8) is 0 Å². The van der Waals surface area contributed by atoms with Crippen LogP contribution in [-0.2, 0) is 11.2 Å². The molecule has 6 heteroatoms. The van der Waals surface area contributed by atoms with Crippen molar-refractivity contribution in [3.05, 3.63) is 35.4 Å². The van der Waals surface area contributed by atoms with Crippen LogP contribution in [0.3, 0.4) is 0 Å². The van der Waals surface area contributed by atoms with Crippen LogP contribution in [0.4, 0.5) is 13.2 Å². The molecule has 1 aliphatic heterocycles. The molecule has 0 aliphatic carbocycles. The summed E-state index contributed by atoms with van der Waals surface area (Å²) < 4.78 is 38.1. The second-order valence-corrected chi connectivity index (χ2v) is 5.58. The fourth-order valence-corrected chi connectivity index (χ4v) is 2.52. The molecule has 1 aliphatic rings. The number of benzene rings is 1. The monoisotopic (exact) mass is 301 g/mol. The molecule has 1 aromatic carbocycles. The summed E-state index contributed by atoms with van der Waals surface area (Å²) in [6.45, 7) is 1.78. The van der Waals surface area contributed by atoms with Crippen LogP contribution in [0.15, 0.2) is 24.3 Å². The Morgan fingerprint density at radius 1 is 1.33 bits per heavy atom. The van der Waals surface area contributed by atoms with E-state index in [0.717, 1.165) is 11.1 Å². The Morgan fingerprint density at radius 2 is 1.95 bits per heavy atom. The van der Waals surface area contributed by atoms with E-state index in [1.165, 1.54) is 4.90 Å². The van der Waals surface area contributed by atoms with Crippen molar-refractivity contribution in [2.24, 2.45) is 0 Å². The number of likely N-dealkylation sites (tertiary alicyclic amines) is 1. The van der Waals surface area contributed by atoms with Gasteiger partial charge in [-0.3, -0.25) is 4.79 Å². The second-order valence-electron chi connectivity index (χ2n) is 5.58. The van der Waals surface area contributed by atoms with Gasteiger partial charge in [0.05, 0.1) is 6.42 Å². The quantitative estimate of drug-likeness (QED) is 0.911. The highest BCUT2D eigenvalue weighted by atomic mass is 19.4. The second kappa shape index (κ2) is 5.67. The first-order chi connectivity index (χ1) is 9.71. The fraction of sp³-hybridized carbons (Fsp3) is 0.533. The lowest BCUT2D eigenvalue weighted by atomic mass is 9.90. The van der Waals surface area contributed by atoms with E-state index in [1.54, 1.807) is 0 Å². The normalized spacial score (nSPS) is 18.6. The van der Waals surface area contributed by atoms with Crippen molar-refractivity contribution in [2.75, 3.05) is 13.1 Å². The largest absolute Gasteiger partial charge is 0.417 e. The van der Waals surface area contributed by atoms with Crippen LogP contribution in [0.5, 0.6) is 0 Å². The molecule has 1 fully saturated rings. The molecule has 0 spiro atoms. The highest BCUT2D eigenvalue weighted by Gasteiger charge is 2.54. The first-order valence-electron chi connectivity index (χ1n) is 6.84. The Hall–Kier alpha value is -1.56. The van der Waals surface area contributed by atoms with Crippen LogP contribution < -0.4 is 0 Å². The minimum atomic E-state index is -4.64. The molecule has 1 heterocycles. The van der Waals surface area contributed by atoms with Crippen molar-refractivity contribution >= 4 is 5.91 Å². The molecule has 2 rings (SSSR count). The Bertz CT molecular complexity index is 520. The smallest absolute Gasteiger partial charge is 0.380 e. The van der Waals surface area contributed by atoms with Crippen molar-refractivity contribution < 1.29 is 23.1 Å². The highest BCUT2D eigenvalue weighted by Crippen LogP contribution is 2.38. The van der Waals surface area contributed by atoms with Gasteiger partial charge in [0.1, 0.15) is 0 Å². The molecule has 116 valence electrons. The third kappa shape index (κ3) is 3.56. The lowest BCUT2D eigenvalue weighted by Crippen LogP contribution is -2.54. The summed E-state index contributed by atoms with van der Waals surface area (Å²) in [5.41, 5.74) is -0.783. The van der Waals surface area contributed by atoms with Crippen LogP contribution in [0.25, 0.3) is 0 Å². The van der Waals surface area contributed by atoms with E-state index in [2.05, 4.69) is 0 Å². The van der Waals surface area contributed by atoms with Gasteiger partial charge < -0.3 is 10.0 Å². The summed E-state index contributed by atoms with van der Waals surface area (Å²) in [4.78, 5) is 13.5. The summed E-state index contributed by atoms with van der Waals surface area (Å²) in [5, 5.41) is 9.57. The maximum absolute atomic E-state index is 12.7. The molecule has 21 heavy (non-hydrogen) atoms. The summed E-state index contributed by atoms with van der Waals surface area (Å²) >= 11 is 0. The minimum absolute atomic E-state index is 0.0688. The average molecular weight is 301 g/mol. The number of hydrogen-bond donors (Lipinski definition) is 1. The lowest BCUT2D eigenvalue weighted by Gasteiger charge is -2.39. The molecule has 3 nitrogen and oxygen atoms in total. The van der Waals surface area contributed by atoms with Gasteiger partial charge >= 0.3 is 6.18 Å². The Labute approximate surface area is 121 Å². The Morgan fingerprint density at radius 3 is 2.48 bits per heavy atom. The number of nitrogens with zero attached hydrogens (tertiary/aromatic N) is 1. The average Bonchev–Trinajstić information content (AvgIpc) is 2.38. The number of piperidine rings is 1. The van der Waals surface area contributed by atoms with Gasteiger partial charge in [-0.1, -0.05) is 29.8 Å². The lowest BCUT2D eigenvalue weighted by molar-refractivity contribution is -0.272. The van der Waals surface area contributed by atoms with E-state index < -0.39 is 24.6 Å². The third-order valence-corrected chi connectivity index (χ3v) is 3.91. The molecule has 0 saturated carbocycles. The number of alkyl halides is 3. The molecular formula is C15H18F3NO2. The zero-order chi connectivity index (χ0) is 15.7. The number of amides is 1. The Kier molecular flexibility index (Phi) is 4.27. The van der Waals surface area contributed by atoms with Gasteiger partial charge in [0.2, 0.25) is 5.91 Å². The van der Waals surface area contributed by atoms with E-state index >= 15 is 0 Å². The molecule has 1 saturated heterocycles. The molecular weight excluding hydrogens is 283 g/mol. The maximum Gasteiger partial charge on any atom is 0.417 e. The van der Waals surface area contributed by atoms with E-state index in [9.17, 15) is 23.1 Å². The zero-order valence-electron chi connectivity index (χ0n) is 11.8. The maximum atomic E-state index is 12.7. The predicted octanol–water partition coefficient (Wildman–Crippen LogP) is 2.45. The highest BCUT2D eigenvalue weighted by molar-refractivity contribution is 5.79. The summed E-state index contributed by atoms with van der Waals surface area (Å²) in [6, 6.07) is 7.46. The molecule has 0 bridgehead atoms. The van der Waals surface area contributed by atoms with Gasteiger partial charge in [0, 0.05) is 25.9 Å². The van der Waals surface area contributed by atoms with Crippen LogP contribution >= 0.6 is 0 Å². The van der Waals surface area contributed by atoms with Crippen molar-refractivity contribution in [1.29, 1.82) is 0 Å². The molecule has 1 amide bonds. The van der Waals surface area contributed by atoms with Crippen molar-refractivity contribution in [1.82, 2.24) is 4.90 Å². The first-order valence-corrected chi connectivity index (χ1v) is 6.84. The number of carbonyl (C=O) groups is 1.